The molecule has 1 unspecified atom stereocenters. The van der Waals surface area contributed by atoms with Crippen molar-refractivity contribution in [3.63, 3.8) is 0 Å². The molecule has 0 spiro atoms. The maximum Gasteiger partial charge on any atom is 0.255 e. The quantitative estimate of drug-likeness (QED) is 0.695. The lowest BCUT2D eigenvalue weighted by molar-refractivity contribution is -0.136. The monoisotopic (exact) mass is 412 g/mol. The molecule has 3 aliphatic rings. The van der Waals surface area contributed by atoms with Gasteiger partial charge in [-0.25, -0.2) is 0 Å². The number of fused-ring (bicyclic) bond motifs is 1. The minimum Gasteiger partial charge on any atom is -0.322 e. The van der Waals surface area contributed by atoms with Crippen LogP contribution in [0.2, 0.25) is 0 Å². The van der Waals surface area contributed by atoms with E-state index in [-0.39, 0.29) is 24.1 Å². The second-order valence-corrected chi connectivity index (χ2v) is 9.24. The van der Waals surface area contributed by atoms with Gasteiger partial charge in [0.25, 0.3) is 5.91 Å². The molecule has 1 atom stereocenters. The second-order valence-electron chi connectivity index (χ2n) is 9.24. The Morgan fingerprint density at radius 1 is 1.13 bits per heavy atom. The van der Waals surface area contributed by atoms with Crippen LogP contribution in [0.25, 0.3) is 0 Å². The van der Waals surface area contributed by atoms with Gasteiger partial charge in [0.05, 0.1) is 0 Å². The molecular weight excluding hydrogens is 380 g/mol. The third-order valence-electron chi connectivity index (χ3n) is 6.40. The third kappa shape index (κ3) is 4.57. The van der Waals surface area contributed by atoms with Gasteiger partial charge in [0.15, 0.2) is 0 Å². The van der Waals surface area contributed by atoms with Gasteiger partial charge in [-0.15, -0.1) is 0 Å². The summed E-state index contributed by atoms with van der Waals surface area (Å²) in [6, 6.07) is 6.16. The van der Waals surface area contributed by atoms with Gasteiger partial charge >= 0.3 is 0 Å². The van der Waals surface area contributed by atoms with Crippen LogP contribution in [-0.2, 0) is 22.7 Å². The van der Waals surface area contributed by atoms with Crippen molar-refractivity contribution in [3.8, 4) is 0 Å². The molecule has 2 N–H and O–H groups in total. The number of amides is 3. The van der Waals surface area contributed by atoms with Crippen molar-refractivity contribution < 1.29 is 14.4 Å². The highest BCUT2D eigenvalue weighted by atomic mass is 16.2. The summed E-state index contributed by atoms with van der Waals surface area (Å²) >= 11 is 0. The van der Waals surface area contributed by atoms with Crippen LogP contribution in [-0.4, -0.2) is 59.2 Å². The average molecular weight is 413 g/mol. The van der Waals surface area contributed by atoms with E-state index in [0.29, 0.717) is 30.5 Å². The van der Waals surface area contributed by atoms with Crippen LogP contribution in [0, 0.1) is 5.92 Å². The van der Waals surface area contributed by atoms with Crippen molar-refractivity contribution in [2.45, 2.75) is 64.7 Å². The summed E-state index contributed by atoms with van der Waals surface area (Å²) in [5.41, 5.74) is 2.80. The summed E-state index contributed by atoms with van der Waals surface area (Å²) < 4.78 is 0. The highest BCUT2D eigenvalue weighted by Gasteiger charge is 2.39. The maximum absolute atomic E-state index is 13.0. The van der Waals surface area contributed by atoms with Gasteiger partial charge in [0, 0.05) is 31.1 Å². The Kier molecular flexibility index (Phi) is 6.20. The smallest absolute Gasteiger partial charge is 0.255 e. The number of carbonyl (C=O) groups excluding carboxylic acids is 3. The van der Waals surface area contributed by atoms with Crippen molar-refractivity contribution in [3.05, 3.63) is 34.9 Å². The van der Waals surface area contributed by atoms with E-state index in [1.165, 1.54) is 0 Å². The molecule has 2 fully saturated rings. The molecule has 1 aromatic rings. The van der Waals surface area contributed by atoms with Crippen LogP contribution in [0.1, 0.15) is 61.0 Å². The van der Waals surface area contributed by atoms with Crippen molar-refractivity contribution in [1.82, 2.24) is 20.4 Å². The first-order valence-corrected chi connectivity index (χ1v) is 11.1. The molecule has 3 aliphatic heterocycles. The first-order chi connectivity index (χ1) is 14.4. The summed E-state index contributed by atoms with van der Waals surface area (Å²) in [4.78, 5) is 40.6. The number of imide groups is 1. The van der Waals surface area contributed by atoms with Gasteiger partial charge in [0.1, 0.15) is 6.04 Å². The number of hydrogen-bond donors (Lipinski definition) is 2. The summed E-state index contributed by atoms with van der Waals surface area (Å²) in [6.07, 6.45) is 2.99. The molecule has 0 radical (unpaired) electrons. The molecule has 3 heterocycles. The number of benzene rings is 1. The Labute approximate surface area is 178 Å². The van der Waals surface area contributed by atoms with Crippen molar-refractivity contribution in [1.29, 1.82) is 0 Å². The molecule has 7 heteroatoms. The van der Waals surface area contributed by atoms with E-state index in [1.807, 2.05) is 12.1 Å². The minimum absolute atomic E-state index is 0.0991. The van der Waals surface area contributed by atoms with E-state index >= 15 is 0 Å². The fourth-order valence-electron chi connectivity index (χ4n) is 4.66. The van der Waals surface area contributed by atoms with Crippen molar-refractivity contribution in [2.75, 3.05) is 19.6 Å². The Balaban J connectivity index is 1.35. The topological polar surface area (TPSA) is 81.8 Å². The molecule has 3 amide bonds. The molecule has 162 valence electrons. The molecule has 0 saturated carbocycles. The van der Waals surface area contributed by atoms with Gasteiger partial charge in [-0.1, -0.05) is 26.0 Å². The van der Waals surface area contributed by atoms with Crippen LogP contribution in [0.15, 0.2) is 18.2 Å². The fourth-order valence-corrected chi connectivity index (χ4v) is 4.66. The van der Waals surface area contributed by atoms with Crippen LogP contribution in [0.4, 0.5) is 0 Å². The predicted molar refractivity (Wildman–Crippen MR) is 114 cm³/mol. The standard InChI is InChI=1S/C23H32N4O3/c1-15(2)12-24-18-7-9-26(10-8-18)13-16-3-4-17-14-27(23(30)19(17)11-16)20-5-6-21(28)25-22(20)29/h3-4,11,15,18,20,24H,5-10,12-14H2,1-2H3,(H,25,28,29). The van der Waals surface area contributed by atoms with Crippen LogP contribution in [0.3, 0.4) is 0 Å². The van der Waals surface area contributed by atoms with E-state index in [0.717, 1.165) is 50.1 Å². The number of hydrogen-bond acceptors (Lipinski definition) is 5. The van der Waals surface area contributed by atoms with Crippen LogP contribution in [0.5, 0.6) is 0 Å². The predicted octanol–water partition coefficient (Wildman–Crippen LogP) is 1.66. The van der Waals surface area contributed by atoms with Gasteiger partial charge in [-0.05, 0) is 62.0 Å². The Morgan fingerprint density at radius 3 is 2.60 bits per heavy atom. The normalized spacial score (nSPS) is 23.2. The van der Waals surface area contributed by atoms with Crippen molar-refractivity contribution in [2.24, 2.45) is 5.92 Å². The fraction of sp³-hybridized carbons (Fsp3) is 0.609. The molecule has 1 aromatic carbocycles. The average Bonchev–Trinajstić information content (AvgIpc) is 3.03. The number of nitrogens with one attached hydrogen (secondary N) is 2. The molecule has 0 bridgehead atoms. The molecular formula is C23H32N4O3. The molecule has 30 heavy (non-hydrogen) atoms. The zero-order valence-corrected chi connectivity index (χ0v) is 17.9. The van der Waals surface area contributed by atoms with Crippen LogP contribution < -0.4 is 10.6 Å². The van der Waals surface area contributed by atoms with E-state index in [9.17, 15) is 14.4 Å². The zero-order chi connectivity index (χ0) is 21.3. The molecule has 7 nitrogen and oxygen atoms in total. The van der Waals surface area contributed by atoms with E-state index in [1.54, 1.807) is 4.90 Å². The maximum atomic E-state index is 13.0. The highest BCUT2D eigenvalue weighted by Crippen LogP contribution is 2.28. The number of piperidine rings is 2. The summed E-state index contributed by atoms with van der Waals surface area (Å²) in [6.45, 7) is 8.94. The highest BCUT2D eigenvalue weighted by molar-refractivity contribution is 6.05. The van der Waals surface area contributed by atoms with E-state index < -0.39 is 6.04 Å². The molecule has 0 aromatic heterocycles. The molecule has 0 aliphatic carbocycles. The van der Waals surface area contributed by atoms with E-state index in [4.69, 9.17) is 0 Å². The van der Waals surface area contributed by atoms with Gasteiger partial charge in [0.2, 0.25) is 11.8 Å². The summed E-state index contributed by atoms with van der Waals surface area (Å²) in [7, 11) is 0. The number of rotatable bonds is 6. The van der Waals surface area contributed by atoms with Gasteiger partial charge in [-0.3, -0.25) is 24.6 Å². The number of carbonyl (C=O) groups is 3. The Hall–Kier alpha value is -2.25. The number of likely N-dealkylation sites (tertiary alicyclic amines) is 1. The number of nitrogens with zero attached hydrogens (tertiary/aromatic N) is 2. The van der Waals surface area contributed by atoms with Gasteiger partial charge < -0.3 is 10.2 Å². The lowest BCUT2D eigenvalue weighted by Gasteiger charge is -2.33. The van der Waals surface area contributed by atoms with E-state index in [2.05, 4.69) is 35.4 Å². The Morgan fingerprint density at radius 2 is 1.90 bits per heavy atom. The first kappa shape index (κ1) is 21.0. The lowest BCUT2D eigenvalue weighted by Crippen LogP contribution is -2.52. The van der Waals surface area contributed by atoms with Crippen molar-refractivity contribution >= 4 is 17.7 Å². The minimum atomic E-state index is -0.552. The lowest BCUT2D eigenvalue weighted by atomic mass is 10.0. The third-order valence-corrected chi connectivity index (χ3v) is 6.40. The molecule has 4 rings (SSSR count). The van der Waals surface area contributed by atoms with Crippen LogP contribution >= 0.6 is 0 Å². The Bertz CT molecular complexity index is 830. The summed E-state index contributed by atoms with van der Waals surface area (Å²) in [5, 5.41) is 6.01. The van der Waals surface area contributed by atoms with Gasteiger partial charge in [-0.2, -0.15) is 0 Å². The summed E-state index contributed by atoms with van der Waals surface area (Å²) in [5.74, 6) is -0.0443. The largest absolute Gasteiger partial charge is 0.322 e. The zero-order valence-electron chi connectivity index (χ0n) is 17.9. The second kappa shape index (κ2) is 8.86. The SMILES string of the molecule is CC(C)CNC1CCN(Cc2ccc3c(c2)C(=O)N(C2CCC(=O)NC2=O)C3)CC1. The first-order valence-electron chi connectivity index (χ1n) is 11.1. The molecule has 2 saturated heterocycles.